The average Bonchev–Trinajstić information content (AvgIpc) is 2.78. The van der Waals surface area contributed by atoms with Gasteiger partial charge in [0.2, 0.25) is 0 Å². The summed E-state index contributed by atoms with van der Waals surface area (Å²) < 4.78 is 40.0. The Kier molecular flexibility index (Phi) is 5.46. The molecule has 3 aromatic carbocycles. The van der Waals surface area contributed by atoms with Crippen LogP contribution in [0.15, 0.2) is 78.9 Å². The Morgan fingerprint density at radius 2 is 1.61 bits per heavy atom. The normalized spacial score (nSPS) is 11.5. The van der Waals surface area contributed by atoms with E-state index in [9.17, 15) is 18.0 Å². The van der Waals surface area contributed by atoms with Crippen molar-refractivity contribution in [2.75, 3.05) is 5.32 Å². The van der Waals surface area contributed by atoms with Gasteiger partial charge in [-0.25, -0.2) is 4.98 Å². The Labute approximate surface area is 177 Å². The second kappa shape index (κ2) is 8.22. The number of carbonyl (C=O) groups is 1. The van der Waals surface area contributed by atoms with E-state index in [1.165, 1.54) is 23.8 Å². The van der Waals surface area contributed by atoms with Gasteiger partial charge in [-0.1, -0.05) is 61.5 Å². The summed E-state index contributed by atoms with van der Waals surface area (Å²) in [6, 6.07) is 21.5. The average molecular weight is 420 g/mol. The molecule has 6 heteroatoms. The molecule has 0 spiro atoms. The van der Waals surface area contributed by atoms with Crippen LogP contribution < -0.4 is 5.32 Å². The molecule has 0 saturated carbocycles. The van der Waals surface area contributed by atoms with Crippen molar-refractivity contribution in [2.45, 2.75) is 19.5 Å². The fourth-order valence-corrected chi connectivity index (χ4v) is 3.45. The highest BCUT2D eigenvalue weighted by molar-refractivity contribution is 6.13. The van der Waals surface area contributed by atoms with Gasteiger partial charge < -0.3 is 5.32 Å². The van der Waals surface area contributed by atoms with Gasteiger partial charge in [-0.2, -0.15) is 13.2 Å². The van der Waals surface area contributed by atoms with Crippen LogP contribution in [0.1, 0.15) is 28.4 Å². The summed E-state index contributed by atoms with van der Waals surface area (Å²) in [5.41, 5.74) is 2.26. The van der Waals surface area contributed by atoms with E-state index < -0.39 is 17.6 Å². The zero-order valence-corrected chi connectivity index (χ0v) is 16.7. The lowest BCUT2D eigenvalue weighted by atomic mass is 10.0. The highest BCUT2D eigenvalue weighted by Crippen LogP contribution is 2.35. The quantitative estimate of drug-likeness (QED) is 0.397. The number of hydrogen-bond donors (Lipinski definition) is 1. The smallest absolute Gasteiger partial charge is 0.321 e. The van der Waals surface area contributed by atoms with Gasteiger partial charge in [-0.05, 0) is 36.2 Å². The van der Waals surface area contributed by atoms with Crippen molar-refractivity contribution >= 4 is 22.5 Å². The number of halogens is 3. The number of nitrogens with zero attached hydrogens (tertiary/aromatic N) is 1. The fraction of sp³-hybridized carbons (Fsp3) is 0.120. The second-order valence-electron chi connectivity index (χ2n) is 7.12. The molecule has 3 nitrogen and oxygen atoms in total. The van der Waals surface area contributed by atoms with Crippen molar-refractivity contribution in [1.29, 1.82) is 0 Å². The predicted octanol–water partition coefficient (Wildman–Crippen LogP) is 6.74. The molecule has 0 unspecified atom stereocenters. The molecule has 0 aliphatic carbocycles. The number of anilines is 1. The molecule has 0 atom stereocenters. The Morgan fingerprint density at radius 3 is 2.32 bits per heavy atom. The SMILES string of the molecule is CCc1ccc(-c2cc(C(=O)Nc3ccccc3C(F)(F)F)c3ccccc3n2)cc1. The van der Waals surface area contributed by atoms with Crippen molar-refractivity contribution in [3.05, 3.63) is 95.6 Å². The van der Waals surface area contributed by atoms with Gasteiger partial charge in [-0.15, -0.1) is 0 Å². The molecule has 0 radical (unpaired) electrons. The number of aryl methyl sites for hydroxylation is 1. The van der Waals surface area contributed by atoms with Crippen LogP contribution >= 0.6 is 0 Å². The summed E-state index contributed by atoms with van der Waals surface area (Å²) in [6.45, 7) is 2.06. The van der Waals surface area contributed by atoms with E-state index >= 15 is 0 Å². The summed E-state index contributed by atoms with van der Waals surface area (Å²) in [6.07, 6.45) is -3.67. The predicted molar refractivity (Wildman–Crippen MR) is 116 cm³/mol. The molecule has 4 aromatic rings. The van der Waals surface area contributed by atoms with Gasteiger partial charge in [0, 0.05) is 10.9 Å². The van der Waals surface area contributed by atoms with E-state index in [0.29, 0.717) is 16.6 Å². The number of alkyl halides is 3. The summed E-state index contributed by atoms with van der Waals surface area (Å²) in [7, 11) is 0. The number of nitrogens with one attached hydrogen (secondary N) is 1. The second-order valence-corrected chi connectivity index (χ2v) is 7.12. The van der Waals surface area contributed by atoms with Crippen molar-refractivity contribution in [1.82, 2.24) is 4.98 Å². The third kappa shape index (κ3) is 4.28. The maximum Gasteiger partial charge on any atom is 0.418 e. The summed E-state index contributed by atoms with van der Waals surface area (Å²) in [4.78, 5) is 17.7. The molecule has 0 aliphatic rings. The molecule has 0 aliphatic heterocycles. The van der Waals surface area contributed by atoms with Gasteiger partial charge in [0.1, 0.15) is 0 Å². The van der Waals surface area contributed by atoms with Crippen molar-refractivity contribution in [3.8, 4) is 11.3 Å². The van der Waals surface area contributed by atoms with Crippen LogP contribution in [-0.2, 0) is 12.6 Å². The Morgan fingerprint density at radius 1 is 0.935 bits per heavy atom. The highest BCUT2D eigenvalue weighted by Gasteiger charge is 2.33. The van der Waals surface area contributed by atoms with E-state index in [1.807, 2.05) is 24.3 Å². The number of amides is 1. The van der Waals surface area contributed by atoms with Crippen LogP contribution in [0.2, 0.25) is 0 Å². The monoisotopic (exact) mass is 420 g/mol. The Bertz CT molecular complexity index is 1250. The maximum absolute atomic E-state index is 13.3. The molecule has 1 amide bonds. The molecule has 156 valence electrons. The molecule has 4 rings (SSSR count). The summed E-state index contributed by atoms with van der Waals surface area (Å²) >= 11 is 0. The Hall–Kier alpha value is -3.67. The first-order valence-electron chi connectivity index (χ1n) is 9.83. The number of rotatable bonds is 4. The lowest BCUT2D eigenvalue weighted by Gasteiger charge is -2.15. The van der Waals surface area contributed by atoms with Gasteiger partial charge in [0.25, 0.3) is 5.91 Å². The molecule has 1 heterocycles. The third-order valence-corrected chi connectivity index (χ3v) is 5.10. The number of hydrogen-bond acceptors (Lipinski definition) is 2. The number of pyridine rings is 1. The molecule has 0 bridgehead atoms. The molecule has 1 aromatic heterocycles. The van der Waals surface area contributed by atoms with E-state index in [4.69, 9.17) is 0 Å². The lowest BCUT2D eigenvalue weighted by molar-refractivity contribution is -0.136. The summed E-state index contributed by atoms with van der Waals surface area (Å²) in [5.74, 6) is -0.623. The fourth-order valence-electron chi connectivity index (χ4n) is 3.45. The zero-order valence-electron chi connectivity index (χ0n) is 16.7. The first-order valence-corrected chi connectivity index (χ1v) is 9.83. The number of benzene rings is 3. The number of para-hydroxylation sites is 2. The van der Waals surface area contributed by atoms with Gasteiger partial charge in [0.05, 0.1) is 28.0 Å². The molecule has 0 saturated heterocycles. The van der Waals surface area contributed by atoms with Gasteiger partial charge in [-0.3, -0.25) is 4.79 Å². The van der Waals surface area contributed by atoms with Crippen LogP contribution in [0.5, 0.6) is 0 Å². The highest BCUT2D eigenvalue weighted by atomic mass is 19.4. The molecular weight excluding hydrogens is 401 g/mol. The van der Waals surface area contributed by atoms with Crippen LogP contribution in [0.3, 0.4) is 0 Å². The maximum atomic E-state index is 13.3. The first kappa shape index (κ1) is 20.6. The molecule has 1 N–H and O–H groups in total. The van der Waals surface area contributed by atoms with Crippen molar-refractivity contribution < 1.29 is 18.0 Å². The van der Waals surface area contributed by atoms with Crippen molar-refractivity contribution in [3.63, 3.8) is 0 Å². The third-order valence-electron chi connectivity index (χ3n) is 5.10. The van der Waals surface area contributed by atoms with Crippen molar-refractivity contribution in [2.24, 2.45) is 0 Å². The molecule has 31 heavy (non-hydrogen) atoms. The number of aromatic nitrogens is 1. The Balaban J connectivity index is 1.79. The van der Waals surface area contributed by atoms with Crippen LogP contribution in [0, 0.1) is 0 Å². The number of carbonyl (C=O) groups excluding carboxylic acids is 1. The first-order chi connectivity index (χ1) is 14.9. The largest absolute Gasteiger partial charge is 0.418 e. The minimum absolute atomic E-state index is 0.261. The summed E-state index contributed by atoms with van der Waals surface area (Å²) in [5, 5.41) is 3.00. The van der Waals surface area contributed by atoms with E-state index in [-0.39, 0.29) is 11.3 Å². The minimum Gasteiger partial charge on any atom is -0.321 e. The molecule has 0 fully saturated rings. The van der Waals surface area contributed by atoms with Crippen LogP contribution in [-0.4, -0.2) is 10.9 Å². The van der Waals surface area contributed by atoms with Crippen LogP contribution in [0.25, 0.3) is 22.2 Å². The topological polar surface area (TPSA) is 42.0 Å². The lowest BCUT2D eigenvalue weighted by Crippen LogP contribution is -2.17. The van der Waals surface area contributed by atoms with Gasteiger partial charge >= 0.3 is 6.18 Å². The molecular formula is C25H19F3N2O. The van der Waals surface area contributed by atoms with Crippen LogP contribution in [0.4, 0.5) is 18.9 Å². The van der Waals surface area contributed by atoms with E-state index in [1.54, 1.807) is 30.3 Å². The minimum atomic E-state index is -4.57. The van der Waals surface area contributed by atoms with E-state index in [0.717, 1.165) is 18.1 Å². The zero-order chi connectivity index (χ0) is 22.0. The van der Waals surface area contributed by atoms with Gasteiger partial charge in [0.15, 0.2) is 0 Å². The number of fused-ring (bicyclic) bond motifs is 1. The van der Waals surface area contributed by atoms with E-state index in [2.05, 4.69) is 17.2 Å². The standard InChI is InChI=1S/C25H19F3N2O/c1-2-16-11-13-17(14-12-16)23-15-19(18-7-3-5-9-21(18)29-23)24(31)30-22-10-6-4-8-20(22)25(26,27)28/h3-15H,2H2,1H3,(H,30,31).